The van der Waals surface area contributed by atoms with Gasteiger partial charge in [-0.15, -0.1) is 24.0 Å². The molecule has 0 saturated carbocycles. The Labute approximate surface area is 159 Å². The van der Waals surface area contributed by atoms with Gasteiger partial charge in [0.2, 0.25) is 0 Å². The fraction of sp³-hybridized carbons (Fsp3) is 0.562. The summed E-state index contributed by atoms with van der Waals surface area (Å²) in [6, 6.07) is 4.46. The summed E-state index contributed by atoms with van der Waals surface area (Å²) in [4.78, 5) is 6.79. The zero-order valence-corrected chi connectivity index (χ0v) is 16.4. The van der Waals surface area contributed by atoms with Crippen molar-refractivity contribution < 1.29 is 9.50 Å². The lowest BCUT2D eigenvalue weighted by atomic mass is 10.1. The SMILES string of the molecule is CCNC(=NCCc1ccc(F)cc1Cl)N1CCC(O)CC1.I. The monoisotopic (exact) mass is 455 g/mol. The molecule has 1 aliphatic heterocycles. The molecule has 1 aromatic rings. The van der Waals surface area contributed by atoms with E-state index in [9.17, 15) is 9.50 Å². The third kappa shape index (κ3) is 6.43. The van der Waals surface area contributed by atoms with Gasteiger partial charge in [0.15, 0.2) is 5.96 Å². The molecule has 7 heteroatoms. The van der Waals surface area contributed by atoms with Crippen LogP contribution in [0.25, 0.3) is 0 Å². The van der Waals surface area contributed by atoms with Gasteiger partial charge in [0.05, 0.1) is 6.10 Å². The minimum Gasteiger partial charge on any atom is -0.393 e. The van der Waals surface area contributed by atoms with Gasteiger partial charge in [-0.1, -0.05) is 17.7 Å². The maximum absolute atomic E-state index is 13.0. The molecule has 0 amide bonds. The molecule has 0 atom stereocenters. The maximum atomic E-state index is 13.0. The van der Waals surface area contributed by atoms with E-state index in [1.54, 1.807) is 6.07 Å². The van der Waals surface area contributed by atoms with Gasteiger partial charge in [-0.2, -0.15) is 0 Å². The molecule has 1 heterocycles. The molecule has 0 unspecified atom stereocenters. The van der Waals surface area contributed by atoms with Crippen LogP contribution in [0.3, 0.4) is 0 Å². The molecule has 1 fully saturated rings. The molecule has 1 aromatic carbocycles. The highest BCUT2D eigenvalue weighted by Gasteiger charge is 2.19. The fourth-order valence-corrected chi connectivity index (χ4v) is 2.77. The summed E-state index contributed by atoms with van der Waals surface area (Å²) >= 11 is 6.03. The zero-order valence-electron chi connectivity index (χ0n) is 13.3. The van der Waals surface area contributed by atoms with Crippen LogP contribution in [-0.4, -0.2) is 48.2 Å². The van der Waals surface area contributed by atoms with Gasteiger partial charge >= 0.3 is 0 Å². The van der Waals surface area contributed by atoms with E-state index in [1.165, 1.54) is 12.1 Å². The van der Waals surface area contributed by atoms with E-state index in [1.807, 2.05) is 6.92 Å². The van der Waals surface area contributed by atoms with E-state index in [0.717, 1.165) is 44.0 Å². The average molecular weight is 456 g/mol. The second-order valence-corrected chi connectivity index (χ2v) is 5.85. The molecule has 4 nitrogen and oxygen atoms in total. The van der Waals surface area contributed by atoms with E-state index in [-0.39, 0.29) is 35.9 Å². The topological polar surface area (TPSA) is 47.9 Å². The summed E-state index contributed by atoms with van der Waals surface area (Å²) < 4.78 is 13.0. The third-order valence-electron chi connectivity index (χ3n) is 3.76. The smallest absolute Gasteiger partial charge is 0.193 e. The minimum atomic E-state index is -0.322. The van der Waals surface area contributed by atoms with Crippen LogP contribution in [0, 0.1) is 5.82 Å². The van der Waals surface area contributed by atoms with Gasteiger partial charge < -0.3 is 15.3 Å². The lowest BCUT2D eigenvalue weighted by Gasteiger charge is -2.32. The van der Waals surface area contributed by atoms with Crippen LogP contribution in [-0.2, 0) is 6.42 Å². The highest BCUT2D eigenvalue weighted by atomic mass is 127. The van der Waals surface area contributed by atoms with Crippen molar-refractivity contribution in [3.8, 4) is 0 Å². The molecular weight excluding hydrogens is 432 g/mol. The first kappa shape index (κ1) is 20.4. The predicted octanol–water partition coefficient (Wildman–Crippen LogP) is 3.06. The van der Waals surface area contributed by atoms with Crippen LogP contribution >= 0.6 is 35.6 Å². The van der Waals surface area contributed by atoms with Crippen LogP contribution in [0.5, 0.6) is 0 Å². The number of likely N-dealkylation sites (tertiary alicyclic amines) is 1. The largest absolute Gasteiger partial charge is 0.393 e. The second kappa shape index (κ2) is 10.3. The predicted molar refractivity (Wildman–Crippen MR) is 103 cm³/mol. The lowest BCUT2D eigenvalue weighted by Crippen LogP contribution is -2.46. The van der Waals surface area contributed by atoms with Crippen molar-refractivity contribution in [1.29, 1.82) is 0 Å². The number of halogens is 3. The molecular formula is C16H24ClFIN3O. The molecule has 130 valence electrons. The first-order valence-electron chi connectivity index (χ1n) is 7.75. The number of benzene rings is 1. The Kier molecular flexibility index (Phi) is 9.16. The Bertz CT molecular complexity index is 522. The van der Waals surface area contributed by atoms with Crippen molar-refractivity contribution in [2.75, 3.05) is 26.2 Å². The number of aliphatic imine (C=N–C) groups is 1. The fourth-order valence-electron chi connectivity index (χ4n) is 2.51. The summed E-state index contributed by atoms with van der Waals surface area (Å²) in [7, 11) is 0. The molecule has 0 spiro atoms. The van der Waals surface area contributed by atoms with Gasteiger partial charge in [-0.3, -0.25) is 4.99 Å². The quantitative estimate of drug-likeness (QED) is 0.417. The normalized spacial score (nSPS) is 16.2. The van der Waals surface area contributed by atoms with E-state index >= 15 is 0 Å². The highest BCUT2D eigenvalue weighted by molar-refractivity contribution is 14.0. The van der Waals surface area contributed by atoms with Crippen LogP contribution in [0.2, 0.25) is 5.02 Å². The van der Waals surface area contributed by atoms with Crippen molar-refractivity contribution in [2.45, 2.75) is 32.3 Å². The Morgan fingerprint density at radius 2 is 2.13 bits per heavy atom. The number of guanidine groups is 1. The average Bonchev–Trinajstić information content (AvgIpc) is 2.49. The Morgan fingerprint density at radius 1 is 1.43 bits per heavy atom. The molecule has 2 N–H and O–H groups in total. The highest BCUT2D eigenvalue weighted by Crippen LogP contribution is 2.18. The molecule has 0 aliphatic carbocycles. The van der Waals surface area contributed by atoms with Gasteiger partial charge in [0.25, 0.3) is 0 Å². The second-order valence-electron chi connectivity index (χ2n) is 5.44. The van der Waals surface area contributed by atoms with Crippen LogP contribution in [0.1, 0.15) is 25.3 Å². The number of rotatable bonds is 4. The zero-order chi connectivity index (χ0) is 15.9. The van der Waals surface area contributed by atoms with Crippen molar-refractivity contribution in [1.82, 2.24) is 10.2 Å². The van der Waals surface area contributed by atoms with Gasteiger partial charge in [0.1, 0.15) is 5.82 Å². The van der Waals surface area contributed by atoms with Gasteiger partial charge in [-0.25, -0.2) is 4.39 Å². The number of aliphatic hydroxyl groups is 1. The summed E-state index contributed by atoms with van der Waals surface area (Å²) in [5.74, 6) is 0.546. The number of hydrogen-bond donors (Lipinski definition) is 2. The number of piperidine rings is 1. The molecule has 0 aromatic heterocycles. The summed E-state index contributed by atoms with van der Waals surface area (Å²) in [6.07, 6.45) is 2.02. The van der Waals surface area contributed by atoms with Crippen molar-refractivity contribution >= 4 is 41.5 Å². The van der Waals surface area contributed by atoms with Crippen LogP contribution in [0.15, 0.2) is 23.2 Å². The Balaban J connectivity index is 0.00000264. The van der Waals surface area contributed by atoms with E-state index in [4.69, 9.17) is 11.6 Å². The van der Waals surface area contributed by atoms with Crippen LogP contribution in [0.4, 0.5) is 4.39 Å². The van der Waals surface area contributed by atoms with Crippen molar-refractivity contribution in [3.63, 3.8) is 0 Å². The van der Waals surface area contributed by atoms with Crippen LogP contribution < -0.4 is 5.32 Å². The molecule has 2 rings (SSSR count). The molecule has 23 heavy (non-hydrogen) atoms. The molecule has 0 radical (unpaired) electrons. The first-order valence-corrected chi connectivity index (χ1v) is 8.13. The van der Waals surface area contributed by atoms with E-state index < -0.39 is 0 Å². The standard InChI is InChI=1S/C16H23ClFN3O.HI/c1-2-19-16(21-9-6-14(22)7-10-21)20-8-5-12-3-4-13(18)11-15(12)17;/h3-4,11,14,22H,2,5-10H2,1H3,(H,19,20);1H. The first-order chi connectivity index (χ1) is 10.6. The van der Waals surface area contributed by atoms with E-state index in [0.29, 0.717) is 18.0 Å². The Hall–Kier alpha value is -0.600. The third-order valence-corrected chi connectivity index (χ3v) is 4.11. The van der Waals surface area contributed by atoms with Crippen molar-refractivity contribution in [2.24, 2.45) is 4.99 Å². The van der Waals surface area contributed by atoms with Crippen molar-refractivity contribution in [3.05, 3.63) is 34.6 Å². The van der Waals surface area contributed by atoms with Gasteiger partial charge in [-0.05, 0) is 43.9 Å². The van der Waals surface area contributed by atoms with Gasteiger partial charge in [0, 0.05) is 31.2 Å². The number of nitrogens with zero attached hydrogens (tertiary/aromatic N) is 2. The molecule has 0 bridgehead atoms. The maximum Gasteiger partial charge on any atom is 0.193 e. The number of hydrogen-bond acceptors (Lipinski definition) is 2. The Morgan fingerprint density at radius 3 is 2.74 bits per heavy atom. The molecule has 1 saturated heterocycles. The molecule has 1 aliphatic rings. The summed E-state index contributed by atoms with van der Waals surface area (Å²) in [5.41, 5.74) is 0.900. The number of aliphatic hydroxyl groups excluding tert-OH is 1. The summed E-state index contributed by atoms with van der Waals surface area (Å²) in [6.45, 7) is 5.04. The minimum absolute atomic E-state index is 0. The number of nitrogens with one attached hydrogen (secondary N) is 1. The lowest BCUT2D eigenvalue weighted by molar-refractivity contribution is 0.108. The van der Waals surface area contributed by atoms with E-state index in [2.05, 4.69) is 15.2 Å². The summed E-state index contributed by atoms with van der Waals surface area (Å²) in [5, 5.41) is 13.3.